The van der Waals surface area contributed by atoms with E-state index in [1.807, 2.05) is 0 Å². The SMILES string of the molecule is CC[Si](CC)(CC)OCC(CO[Si](CC)(CC)CC)O[Si](CC)(CC)CC. The lowest BCUT2D eigenvalue weighted by Gasteiger charge is -2.38. The molecule has 3 nitrogen and oxygen atoms in total. The van der Waals surface area contributed by atoms with Crippen LogP contribution < -0.4 is 0 Å². The van der Waals surface area contributed by atoms with Crippen LogP contribution in [0.15, 0.2) is 0 Å². The first-order chi connectivity index (χ1) is 12.8. The number of rotatable bonds is 17. The molecule has 0 aromatic carbocycles. The van der Waals surface area contributed by atoms with E-state index in [2.05, 4.69) is 62.3 Å². The fourth-order valence-corrected chi connectivity index (χ4v) is 12.3. The molecule has 0 aliphatic heterocycles. The molecule has 27 heavy (non-hydrogen) atoms. The second-order valence-electron chi connectivity index (χ2n) is 8.09. The van der Waals surface area contributed by atoms with Crippen molar-refractivity contribution in [1.29, 1.82) is 0 Å². The first kappa shape index (κ1) is 27.5. The van der Waals surface area contributed by atoms with Gasteiger partial charge in [-0.1, -0.05) is 62.3 Å². The zero-order chi connectivity index (χ0) is 21.0. The van der Waals surface area contributed by atoms with Crippen molar-refractivity contribution in [2.75, 3.05) is 13.2 Å². The summed E-state index contributed by atoms with van der Waals surface area (Å²) < 4.78 is 20.2. The van der Waals surface area contributed by atoms with Gasteiger partial charge in [0.2, 0.25) is 0 Å². The van der Waals surface area contributed by atoms with Crippen LogP contribution in [0.3, 0.4) is 0 Å². The third kappa shape index (κ3) is 8.05. The van der Waals surface area contributed by atoms with Crippen molar-refractivity contribution in [3.8, 4) is 0 Å². The van der Waals surface area contributed by atoms with E-state index >= 15 is 0 Å². The van der Waals surface area contributed by atoms with Crippen LogP contribution in [0.5, 0.6) is 0 Å². The van der Waals surface area contributed by atoms with Crippen LogP contribution in [-0.2, 0) is 13.3 Å². The molecule has 0 amide bonds. The quantitative estimate of drug-likeness (QED) is 0.223. The molecule has 0 aromatic heterocycles. The van der Waals surface area contributed by atoms with Crippen LogP contribution in [0.2, 0.25) is 54.4 Å². The molecule has 0 unspecified atom stereocenters. The molecule has 0 aromatic rings. The van der Waals surface area contributed by atoms with Gasteiger partial charge in [0.1, 0.15) is 0 Å². The first-order valence-corrected chi connectivity index (χ1v) is 19.4. The molecule has 6 heteroatoms. The number of hydrogen-bond acceptors (Lipinski definition) is 3. The van der Waals surface area contributed by atoms with Crippen molar-refractivity contribution in [3.63, 3.8) is 0 Å². The van der Waals surface area contributed by atoms with Gasteiger partial charge >= 0.3 is 0 Å². The highest BCUT2D eigenvalue weighted by Gasteiger charge is 2.36. The predicted molar refractivity (Wildman–Crippen MR) is 128 cm³/mol. The largest absolute Gasteiger partial charge is 0.414 e. The van der Waals surface area contributed by atoms with Gasteiger partial charge in [0.25, 0.3) is 0 Å². The van der Waals surface area contributed by atoms with Crippen LogP contribution in [0.4, 0.5) is 0 Å². The molecule has 0 aliphatic rings. The Kier molecular flexibility index (Phi) is 14.0. The molecule has 164 valence electrons. The minimum absolute atomic E-state index is 0.115. The summed E-state index contributed by atoms with van der Waals surface area (Å²) in [6, 6.07) is 10.7. The minimum Gasteiger partial charge on any atom is -0.414 e. The highest BCUT2D eigenvalue weighted by Crippen LogP contribution is 2.28. The van der Waals surface area contributed by atoms with E-state index in [0.717, 1.165) is 13.2 Å². The molecule has 0 radical (unpaired) electrons. The maximum atomic E-state index is 6.88. The van der Waals surface area contributed by atoms with Gasteiger partial charge in [0.15, 0.2) is 25.0 Å². The Bertz CT molecular complexity index is 319. The normalized spacial score (nSPS) is 13.6. The molecular formula is C21H50O3Si3. The van der Waals surface area contributed by atoms with Gasteiger partial charge in [0.05, 0.1) is 19.3 Å². The van der Waals surface area contributed by atoms with Gasteiger partial charge in [0, 0.05) is 0 Å². The highest BCUT2D eigenvalue weighted by molar-refractivity contribution is 6.74. The smallest absolute Gasteiger partial charge is 0.192 e. The Morgan fingerprint density at radius 1 is 0.444 bits per heavy atom. The van der Waals surface area contributed by atoms with Crippen molar-refractivity contribution < 1.29 is 13.3 Å². The van der Waals surface area contributed by atoms with Crippen LogP contribution in [0.25, 0.3) is 0 Å². The summed E-state index contributed by atoms with van der Waals surface area (Å²) in [5.41, 5.74) is 0. The van der Waals surface area contributed by atoms with Crippen molar-refractivity contribution in [1.82, 2.24) is 0 Å². The lowest BCUT2D eigenvalue weighted by atomic mass is 10.4. The van der Waals surface area contributed by atoms with Gasteiger partial charge in [-0.05, 0) is 54.4 Å². The number of hydrogen-bond donors (Lipinski definition) is 0. The zero-order valence-corrected chi connectivity index (χ0v) is 23.1. The molecule has 0 atom stereocenters. The van der Waals surface area contributed by atoms with E-state index < -0.39 is 25.0 Å². The summed E-state index contributed by atoms with van der Waals surface area (Å²) in [5.74, 6) is 0. The van der Waals surface area contributed by atoms with Crippen LogP contribution in [0, 0.1) is 0 Å². The Morgan fingerprint density at radius 2 is 0.704 bits per heavy atom. The van der Waals surface area contributed by atoms with Gasteiger partial charge in [-0.2, -0.15) is 0 Å². The molecule has 0 aliphatic carbocycles. The first-order valence-electron chi connectivity index (χ1n) is 11.8. The lowest BCUT2D eigenvalue weighted by Crippen LogP contribution is -2.48. The van der Waals surface area contributed by atoms with Crippen LogP contribution in [0.1, 0.15) is 62.3 Å². The zero-order valence-electron chi connectivity index (χ0n) is 20.1. The second kappa shape index (κ2) is 13.7. The summed E-state index contributed by atoms with van der Waals surface area (Å²) in [6.07, 6.45) is 0.115. The fraction of sp³-hybridized carbons (Fsp3) is 1.00. The van der Waals surface area contributed by atoms with Crippen molar-refractivity contribution in [2.24, 2.45) is 0 Å². The van der Waals surface area contributed by atoms with Crippen molar-refractivity contribution in [3.05, 3.63) is 0 Å². The van der Waals surface area contributed by atoms with Gasteiger partial charge in [-0.3, -0.25) is 0 Å². The monoisotopic (exact) mass is 434 g/mol. The van der Waals surface area contributed by atoms with Gasteiger partial charge in [-0.25, -0.2) is 0 Å². The summed E-state index contributed by atoms with van der Waals surface area (Å²) in [5, 5.41) is 0. The summed E-state index contributed by atoms with van der Waals surface area (Å²) in [7, 11) is -4.85. The second-order valence-corrected chi connectivity index (χ2v) is 22.4. The molecule has 0 bridgehead atoms. The minimum atomic E-state index is -1.66. The Hall–Kier alpha value is 0.531. The molecule has 0 heterocycles. The standard InChI is InChI=1S/C21H50O3Si3/c1-10-25(11-2,12-3)22-19-21(24-27(16-7,17-8)18-9)20-23-26(13-4,14-5)15-6/h21H,10-20H2,1-9H3. The molecule has 0 rings (SSSR count). The van der Waals surface area contributed by atoms with E-state index in [-0.39, 0.29) is 6.10 Å². The highest BCUT2D eigenvalue weighted by atomic mass is 28.4. The van der Waals surface area contributed by atoms with E-state index in [4.69, 9.17) is 13.3 Å². The van der Waals surface area contributed by atoms with E-state index in [1.165, 1.54) is 54.4 Å². The third-order valence-corrected chi connectivity index (χ3v) is 21.4. The van der Waals surface area contributed by atoms with E-state index in [9.17, 15) is 0 Å². The van der Waals surface area contributed by atoms with Crippen LogP contribution >= 0.6 is 0 Å². The molecule has 0 fully saturated rings. The average Bonchev–Trinajstić information content (AvgIpc) is 2.74. The topological polar surface area (TPSA) is 27.7 Å². The molecule has 0 saturated carbocycles. The summed E-state index contributed by atoms with van der Waals surface area (Å²) >= 11 is 0. The predicted octanol–water partition coefficient (Wildman–Crippen LogP) is 7.42. The van der Waals surface area contributed by atoms with Crippen LogP contribution in [-0.4, -0.2) is 44.3 Å². The fourth-order valence-electron chi connectivity index (χ4n) is 4.12. The Balaban J connectivity index is 5.31. The molecule has 0 saturated heterocycles. The average molecular weight is 435 g/mol. The third-order valence-electron chi connectivity index (χ3n) is 7.37. The molecule has 0 spiro atoms. The Morgan fingerprint density at radius 3 is 0.926 bits per heavy atom. The van der Waals surface area contributed by atoms with E-state index in [1.54, 1.807) is 0 Å². The molecule has 0 N–H and O–H groups in total. The van der Waals surface area contributed by atoms with Gasteiger partial charge in [-0.15, -0.1) is 0 Å². The Labute approximate surface area is 174 Å². The maximum absolute atomic E-state index is 6.88. The molecular weight excluding hydrogens is 384 g/mol. The van der Waals surface area contributed by atoms with E-state index in [0.29, 0.717) is 0 Å². The summed E-state index contributed by atoms with van der Waals surface area (Å²) in [4.78, 5) is 0. The maximum Gasteiger partial charge on any atom is 0.192 e. The van der Waals surface area contributed by atoms with Crippen molar-refractivity contribution in [2.45, 2.75) is 123 Å². The lowest BCUT2D eigenvalue weighted by molar-refractivity contribution is 0.0643. The van der Waals surface area contributed by atoms with Crippen molar-refractivity contribution >= 4 is 25.0 Å². The summed E-state index contributed by atoms with van der Waals surface area (Å²) in [6.45, 7) is 22.2. The van der Waals surface area contributed by atoms with Gasteiger partial charge < -0.3 is 13.3 Å².